The lowest BCUT2D eigenvalue weighted by Crippen LogP contribution is -2.36. The van der Waals surface area contributed by atoms with E-state index in [2.05, 4.69) is 15.6 Å². The summed E-state index contributed by atoms with van der Waals surface area (Å²) in [5, 5.41) is 17.2. The topological polar surface area (TPSA) is 88.8 Å². The fraction of sp³-hybridized carbons (Fsp3) is 0.350. The molecule has 0 amide bonds. The zero-order valence-corrected chi connectivity index (χ0v) is 18.9. The quantitative estimate of drug-likeness (QED) is 0.204. The van der Waals surface area contributed by atoms with Gasteiger partial charge in [-0.15, -0.1) is 24.0 Å². The second-order valence-corrected chi connectivity index (χ2v) is 7.03. The number of aliphatic imine (C=N–C) groups is 1. The molecule has 2 aromatic rings. The maximum Gasteiger partial charge on any atom is 0.269 e. The van der Waals surface area contributed by atoms with Gasteiger partial charge in [-0.3, -0.25) is 15.1 Å². The van der Waals surface area contributed by atoms with Gasteiger partial charge in [-0.05, 0) is 32.4 Å². The Hall–Kier alpha value is -2.36. The van der Waals surface area contributed by atoms with Gasteiger partial charge in [0, 0.05) is 37.8 Å². The number of hydrogen-bond donors (Lipinski definition) is 2. The molecule has 0 aliphatic carbocycles. The minimum absolute atomic E-state index is 0. The predicted molar refractivity (Wildman–Crippen MR) is 122 cm³/mol. The Kier molecular flexibility index (Phi) is 9.17. The van der Waals surface area contributed by atoms with E-state index >= 15 is 0 Å². The number of benzene rings is 2. The number of ether oxygens (including phenoxy) is 1. The number of nitro groups is 1. The number of nitro benzene ring substituents is 1. The van der Waals surface area contributed by atoms with Crippen molar-refractivity contribution in [2.24, 2.45) is 4.99 Å². The van der Waals surface area contributed by atoms with Crippen molar-refractivity contribution in [3.05, 3.63) is 69.8 Å². The highest BCUT2D eigenvalue weighted by molar-refractivity contribution is 14.0. The van der Waals surface area contributed by atoms with Crippen molar-refractivity contribution in [3.8, 4) is 5.75 Å². The molecule has 0 heterocycles. The Balaban J connectivity index is 0.00000392. The van der Waals surface area contributed by atoms with Crippen molar-refractivity contribution in [2.45, 2.75) is 39.5 Å². The summed E-state index contributed by atoms with van der Waals surface area (Å²) < 4.78 is 6.00. The summed E-state index contributed by atoms with van der Waals surface area (Å²) in [6.45, 7) is 7.12. The van der Waals surface area contributed by atoms with Crippen LogP contribution in [0.4, 0.5) is 5.69 Å². The average Bonchev–Trinajstić information content (AvgIpc) is 2.62. The maximum atomic E-state index is 10.7. The minimum Gasteiger partial charge on any atom is -0.488 e. The Bertz CT molecular complexity index is 802. The molecule has 2 aromatic carbocycles. The maximum absolute atomic E-state index is 10.7. The van der Waals surface area contributed by atoms with Gasteiger partial charge in [0.15, 0.2) is 5.96 Å². The first-order chi connectivity index (χ1) is 12.8. The molecule has 0 unspecified atom stereocenters. The van der Waals surface area contributed by atoms with E-state index in [0.717, 1.165) is 16.9 Å². The molecule has 2 rings (SSSR count). The summed E-state index contributed by atoms with van der Waals surface area (Å²) in [5.74, 6) is 1.47. The van der Waals surface area contributed by atoms with E-state index in [0.29, 0.717) is 19.0 Å². The van der Waals surface area contributed by atoms with Gasteiger partial charge in [-0.2, -0.15) is 0 Å². The van der Waals surface area contributed by atoms with Crippen LogP contribution in [0.15, 0.2) is 53.5 Å². The van der Waals surface area contributed by atoms with E-state index in [-0.39, 0.29) is 35.3 Å². The largest absolute Gasteiger partial charge is 0.488 e. The van der Waals surface area contributed by atoms with E-state index in [1.54, 1.807) is 19.2 Å². The Labute approximate surface area is 182 Å². The standard InChI is InChI=1S/C20H26N4O3.HI/c1-20(2,3)27-18-8-6-5-7-16(18)14-23-19(21-4)22-13-15-9-11-17(12-10-15)24(25)26;/h5-12H,13-14H2,1-4H3,(H2,21,22,23);1H. The van der Waals surface area contributed by atoms with E-state index in [4.69, 9.17) is 4.74 Å². The first-order valence-electron chi connectivity index (χ1n) is 8.73. The van der Waals surface area contributed by atoms with Crippen LogP contribution in [0.25, 0.3) is 0 Å². The summed E-state index contributed by atoms with van der Waals surface area (Å²) in [6, 6.07) is 14.3. The second kappa shape index (κ2) is 10.8. The highest BCUT2D eigenvalue weighted by Crippen LogP contribution is 2.22. The third-order valence-corrected chi connectivity index (χ3v) is 3.67. The fourth-order valence-corrected chi connectivity index (χ4v) is 2.40. The first kappa shape index (κ1) is 23.7. The molecule has 0 aromatic heterocycles. The van der Waals surface area contributed by atoms with Gasteiger partial charge in [-0.1, -0.05) is 30.3 Å². The molecule has 0 saturated carbocycles. The normalized spacial score (nSPS) is 11.4. The number of non-ortho nitro benzene ring substituents is 1. The van der Waals surface area contributed by atoms with Gasteiger partial charge in [0.1, 0.15) is 11.4 Å². The van der Waals surface area contributed by atoms with E-state index < -0.39 is 4.92 Å². The Morgan fingerprint density at radius 3 is 2.25 bits per heavy atom. The molecule has 0 spiro atoms. The summed E-state index contributed by atoms with van der Waals surface area (Å²) in [4.78, 5) is 14.5. The van der Waals surface area contributed by atoms with Crippen LogP contribution in [0.5, 0.6) is 5.75 Å². The zero-order valence-electron chi connectivity index (χ0n) is 16.6. The molecule has 0 saturated heterocycles. The molecule has 8 heteroatoms. The molecule has 0 atom stereocenters. The molecule has 0 fully saturated rings. The number of hydrogen-bond acceptors (Lipinski definition) is 4. The molecule has 0 radical (unpaired) electrons. The molecule has 0 bridgehead atoms. The van der Waals surface area contributed by atoms with Gasteiger partial charge in [0.25, 0.3) is 5.69 Å². The van der Waals surface area contributed by atoms with Crippen LogP contribution in [0, 0.1) is 10.1 Å². The number of guanidine groups is 1. The van der Waals surface area contributed by atoms with Crippen LogP contribution in [0.2, 0.25) is 0 Å². The van der Waals surface area contributed by atoms with Crippen molar-refractivity contribution >= 4 is 35.6 Å². The molecule has 0 aliphatic heterocycles. The predicted octanol–water partition coefficient (Wildman–Crippen LogP) is 4.26. The number of halogens is 1. The molecular weight excluding hydrogens is 471 g/mol. The van der Waals surface area contributed by atoms with Crippen LogP contribution in [-0.2, 0) is 13.1 Å². The molecule has 2 N–H and O–H groups in total. The van der Waals surface area contributed by atoms with Crippen molar-refractivity contribution in [1.29, 1.82) is 0 Å². The van der Waals surface area contributed by atoms with E-state index in [9.17, 15) is 10.1 Å². The van der Waals surface area contributed by atoms with Crippen molar-refractivity contribution in [2.75, 3.05) is 7.05 Å². The van der Waals surface area contributed by atoms with Gasteiger partial charge in [0.2, 0.25) is 0 Å². The first-order valence-corrected chi connectivity index (χ1v) is 8.73. The third kappa shape index (κ3) is 7.71. The Morgan fingerprint density at radius 2 is 1.68 bits per heavy atom. The number of nitrogens with zero attached hydrogens (tertiary/aromatic N) is 2. The van der Waals surface area contributed by atoms with Crippen LogP contribution >= 0.6 is 24.0 Å². The molecule has 7 nitrogen and oxygen atoms in total. The van der Waals surface area contributed by atoms with Crippen molar-refractivity contribution in [3.63, 3.8) is 0 Å². The summed E-state index contributed by atoms with van der Waals surface area (Å²) in [5.41, 5.74) is 1.77. The second-order valence-electron chi connectivity index (χ2n) is 7.03. The number of para-hydroxylation sites is 1. The zero-order chi connectivity index (χ0) is 19.9. The monoisotopic (exact) mass is 498 g/mol. The van der Waals surface area contributed by atoms with E-state index in [1.165, 1.54) is 12.1 Å². The lowest BCUT2D eigenvalue weighted by atomic mass is 10.1. The molecule has 0 aliphatic rings. The van der Waals surface area contributed by atoms with Crippen LogP contribution in [-0.4, -0.2) is 23.5 Å². The number of rotatable bonds is 6. The highest BCUT2D eigenvalue weighted by Gasteiger charge is 2.14. The van der Waals surface area contributed by atoms with Crippen LogP contribution < -0.4 is 15.4 Å². The molecule has 152 valence electrons. The van der Waals surface area contributed by atoms with Crippen molar-refractivity contribution in [1.82, 2.24) is 10.6 Å². The van der Waals surface area contributed by atoms with E-state index in [1.807, 2.05) is 45.0 Å². The van der Waals surface area contributed by atoms with Gasteiger partial charge < -0.3 is 15.4 Å². The molecule has 28 heavy (non-hydrogen) atoms. The smallest absolute Gasteiger partial charge is 0.269 e. The highest BCUT2D eigenvalue weighted by atomic mass is 127. The van der Waals surface area contributed by atoms with Gasteiger partial charge >= 0.3 is 0 Å². The third-order valence-electron chi connectivity index (χ3n) is 3.67. The fourth-order valence-electron chi connectivity index (χ4n) is 2.40. The minimum atomic E-state index is -0.408. The van der Waals surface area contributed by atoms with Crippen molar-refractivity contribution < 1.29 is 9.66 Å². The summed E-state index contributed by atoms with van der Waals surface area (Å²) in [6.07, 6.45) is 0. The molecular formula is C20H27IN4O3. The lowest BCUT2D eigenvalue weighted by Gasteiger charge is -2.23. The number of nitrogens with one attached hydrogen (secondary N) is 2. The van der Waals surface area contributed by atoms with Crippen LogP contribution in [0.3, 0.4) is 0 Å². The lowest BCUT2D eigenvalue weighted by molar-refractivity contribution is -0.384. The average molecular weight is 498 g/mol. The summed E-state index contributed by atoms with van der Waals surface area (Å²) in [7, 11) is 1.70. The van der Waals surface area contributed by atoms with Gasteiger partial charge in [0.05, 0.1) is 4.92 Å². The summed E-state index contributed by atoms with van der Waals surface area (Å²) >= 11 is 0. The SMILES string of the molecule is CN=C(NCc1ccc([N+](=O)[O-])cc1)NCc1ccccc1OC(C)(C)C.I. The van der Waals surface area contributed by atoms with Crippen LogP contribution in [0.1, 0.15) is 31.9 Å². The van der Waals surface area contributed by atoms with Gasteiger partial charge in [-0.25, -0.2) is 0 Å². The Morgan fingerprint density at radius 1 is 1.07 bits per heavy atom.